The molecule has 3 aromatic rings. The van der Waals surface area contributed by atoms with Crippen molar-refractivity contribution in [1.29, 1.82) is 0 Å². The van der Waals surface area contributed by atoms with Gasteiger partial charge in [0.25, 0.3) is 11.7 Å². The number of aromatic amines is 1. The molecule has 2 amide bonds. The number of amides is 2. The summed E-state index contributed by atoms with van der Waals surface area (Å²) >= 11 is 0. The van der Waals surface area contributed by atoms with E-state index in [4.69, 9.17) is 9.47 Å². The zero-order valence-electron chi connectivity index (χ0n) is 19.7. The summed E-state index contributed by atoms with van der Waals surface area (Å²) in [5.41, 5.74) is 3.00. The Morgan fingerprint density at radius 2 is 1.89 bits per heavy atom. The average Bonchev–Trinajstić information content (AvgIpc) is 3.33. The largest absolute Gasteiger partial charge is 0.497 e. The van der Waals surface area contributed by atoms with Crippen molar-refractivity contribution in [1.82, 2.24) is 14.8 Å². The summed E-state index contributed by atoms with van der Waals surface area (Å²) in [5.74, 6) is 0.00282. The predicted octanol–water partition coefficient (Wildman–Crippen LogP) is 3.26. The van der Waals surface area contributed by atoms with E-state index in [9.17, 15) is 14.4 Å². The first kappa shape index (κ1) is 21.7. The molecule has 3 unspecified atom stereocenters. The van der Waals surface area contributed by atoms with Crippen LogP contribution in [0, 0.1) is 0 Å². The van der Waals surface area contributed by atoms with E-state index in [0.717, 1.165) is 28.5 Å². The minimum Gasteiger partial charge on any atom is -0.497 e. The van der Waals surface area contributed by atoms with E-state index in [2.05, 4.69) is 4.98 Å². The highest BCUT2D eigenvalue weighted by Gasteiger charge is 2.54. The number of hydrogen-bond acceptors (Lipinski definition) is 5. The number of aromatic nitrogens is 1. The molecule has 0 spiro atoms. The highest BCUT2D eigenvalue weighted by molar-refractivity contribution is 6.43. The molecule has 3 aliphatic rings. The van der Waals surface area contributed by atoms with E-state index >= 15 is 0 Å². The van der Waals surface area contributed by atoms with Crippen LogP contribution in [0.5, 0.6) is 11.5 Å². The van der Waals surface area contributed by atoms with Crippen LogP contribution in [0.4, 0.5) is 0 Å². The topological polar surface area (TPSA) is 91.9 Å². The van der Waals surface area contributed by atoms with Crippen LogP contribution in [-0.4, -0.2) is 65.2 Å². The molecular weight excluding hydrogens is 446 g/mol. The number of methoxy groups -OCH3 is 2. The number of carbonyl (C=O) groups is 3. The molecule has 1 N–H and O–H groups in total. The molecule has 2 bridgehead atoms. The Morgan fingerprint density at radius 3 is 2.66 bits per heavy atom. The predicted molar refractivity (Wildman–Crippen MR) is 129 cm³/mol. The van der Waals surface area contributed by atoms with Gasteiger partial charge in [-0.3, -0.25) is 14.4 Å². The Balaban J connectivity index is 1.42. The van der Waals surface area contributed by atoms with Crippen LogP contribution in [0.3, 0.4) is 0 Å². The van der Waals surface area contributed by atoms with Crippen molar-refractivity contribution in [2.75, 3.05) is 20.8 Å². The standard InChI is InChI=1S/C27H27N3O5/c1-34-17-12-16-10-11-29-24(23(16)22(14-17)35-2)20-8-5-9-21(26(29)32)30(20)27(33)25(31)19-13-15-6-3-4-7-18(15)28-19/h3-4,6-7,12-14,20-21,24,28H,5,8-11H2,1-2H3. The Bertz CT molecular complexity index is 1310. The third-order valence-electron chi connectivity index (χ3n) is 7.72. The fourth-order valence-corrected chi connectivity index (χ4v) is 6.16. The minimum atomic E-state index is -0.626. The van der Waals surface area contributed by atoms with Crippen LogP contribution in [-0.2, 0) is 16.0 Å². The molecule has 4 heterocycles. The van der Waals surface area contributed by atoms with Gasteiger partial charge in [0, 0.05) is 29.1 Å². The Morgan fingerprint density at radius 1 is 1.06 bits per heavy atom. The van der Waals surface area contributed by atoms with Crippen LogP contribution in [0.1, 0.15) is 46.9 Å². The molecule has 180 valence electrons. The summed E-state index contributed by atoms with van der Waals surface area (Å²) in [6, 6.07) is 11.8. The monoisotopic (exact) mass is 473 g/mol. The summed E-state index contributed by atoms with van der Waals surface area (Å²) in [7, 11) is 3.22. The number of hydrogen-bond donors (Lipinski definition) is 1. The van der Waals surface area contributed by atoms with Crippen molar-refractivity contribution in [3.05, 3.63) is 59.3 Å². The Kier molecular flexibility index (Phi) is 5.05. The average molecular weight is 474 g/mol. The lowest BCUT2D eigenvalue weighted by atomic mass is 9.78. The summed E-state index contributed by atoms with van der Waals surface area (Å²) in [5, 5.41) is 0.865. The number of rotatable bonds is 4. The van der Waals surface area contributed by atoms with E-state index in [0.29, 0.717) is 37.3 Å². The molecule has 6 rings (SSSR count). The molecule has 0 aliphatic carbocycles. The van der Waals surface area contributed by atoms with Gasteiger partial charge < -0.3 is 24.3 Å². The van der Waals surface area contributed by atoms with E-state index in [1.165, 1.54) is 0 Å². The molecular formula is C27H27N3O5. The molecule has 35 heavy (non-hydrogen) atoms. The lowest BCUT2D eigenvalue weighted by Crippen LogP contribution is -2.68. The number of Topliss-reactive ketones (excluding diaryl/α,β-unsaturated/α-hetero) is 1. The van der Waals surface area contributed by atoms with Gasteiger partial charge in [0.2, 0.25) is 5.91 Å². The fourth-order valence-electron chi connectivity index (χ4n) is 6.16. The van der Waals surface area contributed by atoms with E-state index in [1.807, 2.05) is 41.3 Å². The van der Waals surface area contributed by atoms with Crippen molar-refractivity contribution in [2.24, 2.45) is 0 Å². The molecule has 8 nitrogen and oxygen atoms in total. The molecule has 3 aliphatic heterocycles. The molecule has 1 aromatic heterocycles. The molecule has 3 atom stereocenters. The second-order valence-electron chi connectivity index (χ2n) is 9.45. The maximum absolute atomic E-state index is 13.7. The van der Waals surface area contributed by atoms with Crippen LogP contribution in [0.25, 0.3) is 10.9 Å². The smallest absolute Gasteiger partial charge is 0.297 e. The van der Waals surface area contributed by atoms with Gasteiger partial charge in [-0.05, 0) is 49.4 Å². The van der Waals surface area contributed by atoms with Crippen molar-refractivity contribution < 1.29 is 23.9 Å². The maximum Gasteiger partial charge on any atom is 0.297 e. The first-order chi connectivity index (χ1) is 17.0. The summed E-state index contributed by atoms with van der Waals surface area (Å²) in [6.45, 7) is 0.567. The SMILES string of the molecule is COc1cc2c(c(OC)c1)C1C3CCCC(C(=O)N1CC2)N3C(=O)C(=O)c1cc2ccccc2[nH]1. The summed E-state index contributed by atoms with van der Waals surface area (Å²) in [6.07, 6.45) is 2.79. The van der Waals surface area contributed by atoms with Crippen molar-refractivity contribution in [3.63, 3.8) is 0 Å². The number of nitrogens with zero attached hydrogens (tertiary/aromatic N) is 2. The molecule has 0 radical (unpaired) electrons. The summed E-state index contributed by atoms with van der Waals surface area (Å²) < 4.78 is 11.2. The number of H-pyrrole nitrogens is 1. The first-order valence-corrected chi connectivity index (χ1v) is 12.0. The number of fused-ring (bicyclic) bond motifs is 7. The number of carbonyl (C=O) groups excluding carboxylic acids is 3. The lowest BCUT2D eigenvalue weighted by Gasteiger charge is -2.55. The molecule has 2 fully saturated rings. The zero-order valence-corrected chi connectivity index (χ0v) is 19.7. The number of piperidine rings is 1. The second-order valence-corrected chi connectivity index (χ2v) is 9.45. The van der Waals surface area contributed by atoms with Crippen molar-refractivity contribution >= 4 is 28.5 Å². The first-order valence-electron chi connectivity index (χ1n) is 12.0. The molecule has 2 aromatic carbocycles. The molecule has 0 saturated carbocycles. The van der Waals surface area contributed by atoms with Crippen molar-refractivity contribution in [3.8, 4) is 11.5 Å². The van der Waals surface area contributed by atoms with Crippen LogP contribution in [0.2, 0.25) is 0 Å². The van der Waals surface area contributed by atoms with Gasteiger partial charge in [0.1, 0.15) is 17.5 Å². The van der Waals surface area contributed by atoms with Gasteiger partial charge in [0.05, 0.1) is 32.0 Å². The van der Waals surface area contributed by atoms with E-state index < -0.39 is 17.7 Å². The van der Waals surface area contributed by atoms with E-state index in [1.54, 1.807) is 25.2 Å². The Hall–Kier alpha value is -3.81. The van der Waals surface area contributed by atoms with Crippen LogP contribution in [0.15, 0.2) is 42.5 Å². The zero-order chi connectivity index (χ0) is 24.3. The number of ether oxygens (including phenoxy) is 2. The number of benzene rings is 2. The highest BCUT2D eigenvalue weighted by atomic mass is 16.5. The third-order valence-corrected chi connectivity index (χ3v) is 7.72. The minimum absolute atomic E-state index is 0.0905. The van der Waals surface area contributed by atoms with Crippen molar-refractivity contribution in [2.45, 2.75) is 43.8 Å². The fraction of sp³-hybridized carbons (Fsp3) is 0.370. The van der Waals surface area contributed by atoms with E-state index in [-0.39, 0.29) is 23.7 Å². The molecule has 8 heteroatoms. The molecule has 2 saturated heterocycles. The highest BCUT2D eigenvalue weighted by Crippen LogP contribution is 2.48. The Labute approximate surface area is 202 Å². The van der Waals surface area contributed by atoms with Gasteiger partial charge in [-0.15, -0.1) is 0 Å². The van der Waals surface area contributed by atoms with Gasteiger partial charge >= 0.3 is 0 Å². The maximum atomic E-state index is 13.7. The normalized spacial score (nSPS) is 23.0. The quantitative estimate of drug-likeness (QED) is 0.464. The van der Waals surface area contributed by atoms with Gasteiger partial charge in [-0.2, -0.15) is 0 Å². The number of ketones is 1. The lowest BCUT2D eigenvalue weighted by molar-refractivity contribution is -0.164. The van der Waals surface area contributed by atoms with Crippen LogP contribution >= 0.6 is 0 Å². The second kappa shape index (κ2) is 8.15. The van der Waals surface area contributed by atoms with Gasteiger partial charge in [-0.1, -0.05) is 18.2 Å². The number of para-hydroxylation sites is 1. The number of nitrogens with one attached hydrogen (secondary N) is 1. The van der Waals surface area contributed by atoms with Gasteiger partial charge in [-0.25, -0.2) is 0 Å². The number of piperazine rings is 1. The van der Waals surface area contributed by atoms with Crippen LogP contribution < -0.4 is 9.47 Å². The summed E-state index contributed by atoms with van der Waals surface area (Å²) in [4.78, 5) is 47.3. The van der Waals surface area contributed by atoms with Gasteiger partial charge in [0.15, 0.2) is 0 Å². The third kappa shape index (κ3) is 3.23.